The van der Waals surface area contributed by atoms with E-state index in [4.69, 9.17) is 14.2 Å². The molecule has 0 aromatic heterocycles. The molecule has 1 saturated heterocycles. The highest BCUT2D eigenvalue weighted by Gasteiger charge is 2.29. The van der Waals surface area contributed by atoms with Crippen LogP contribution in [0.15, 0.2) is 42.5 Å². The van der Waals surface area contributed by atoms with Crippen molar-refractivity contribution in [2.24, 2.45) is 0 Å². The number of quaternary nitrogens is 1. The number of fused-ring (bicyclic) bond motifs is 1. The smallest absolute Gasteiger partial charge is 0.313 e. The zero-order chi connectivity index (χ0) is 20.9. The summed E-state index contributed by atoms with van der Waals surface area (Å²) in [6, 6.07) is 11.3. The van der Waals surface area contributed by atoms with Crippen LogP contribution in [0.2, 0.25) is 0 Å². The molecule has 9 heteroatoms. The fourth-order valence-electron chi connectivity index (χ4n) is 3.63. The predicted molar refractivity (Wildman–Crippen MR) is 105 cm³/mol. The zero-order valence-corrected chi connectivity index (χ0v) is 16.3. The largest absolute Gasteiger partial charge is 0.454 e. The molecule has 0 radical (unpaired) electrons. The Hall–Kier alpha value is -3.17. The fraction of sp³-hybridized carbons (Fsp3) is 0.333. The minimum Gasteiger partial charge on any atom is -0.454 e. The maximum atomic E-state index is 13.7. The number of carbonyl (C=O) groups is 2. The average molecular weight is 416 g/mol. The number of benzene rings is 2. The predicted octanol–water partition coefficient (Wildman–Crippen LogP) is 0.266. The van der Waals surface area contributed by atoms with Gasteiger partial charge in [-0.1, -0.05) is 12.1 Å². The van der Waals surface area contributed by atoms with E-state index in [-0.39, 0.29) is 25.1 Å². The lowest BCUT2D eigenvalue weighted by molar-refractivity contribution is -0.937. The summed E-state index contributed by atoms with van der Waals surface area (Å²) in [7, 11) is 0. The first kappa shape index (κ1) is 20.1. The molecule has 0 bridgehead atoms. The van der Waals surface area contributed by atoms with E-state index in [2.05, 4.69) is 10.6 Å². The number of carbonyl (C=O) groups excluding carboxylic acids is 2. The summed E-state index contributed by atoms with van der Waals surface area (Å²) in [6.07, 6.45) is 0. The molecular weight excluding hydrogens is 393 g/mol. The number of hydrogen-bond acceptors (Lipinski definition) is 5. The Morgan fingerprint density at radius 1 is 1.03 bits per heavy atom. The van der Waals surface area contributed by atoms with Crippen LogP contribution in [-0.4, -0.2) is 51.5 Å². The van der Waals surface area contributed by atoms with Gasteiger partial charge in [0.25, 0.3) is 0 Å². The van der Waals surface area contributed by atoms with Crippen molar-refractivity contribution in [1.29, 1.82) is 0 Å². The van der Waals surface area contributed by atoms with Crippen molar-refractivity contribution in [1.82, 2.24) is 5.32 Å². The van der Waals surface area contributed by atoms with Gasteiger partial charge in [0.1, 0.15) is 24.9 Å². The van der Waals surface area contributed by atoms with E-state index >= 15 is 0 Å². The number of nitrogens with one attached hydrogen (secondary N) is 3. The number of hydrogen-bond donors (Lipinski definition) is 3. The van der Waals surface area contributed by atoms with Gasteiger partial charge in [-0.15, -0.1) is 0 Å². The van der Waals surface area contributed by atoms with Crippen molar-refractivity contribution in [3.05, 3.63) is 53.8 Å². The number of halogens is 1. The van der Waals surface area contributed by atoms with E-state index < -0.39 is 17.6 Å². The van der Waals surface area contributed by atoms with Crippen LogP contribution in [0, 0.1) is 5.82 Å². The molecule has 2 aliphatic heterocycles. The third kappa shape index (κ3) is 4.52. The number of para-hydroxylation sites is 1. The molecular formula is C21H23FN3O5+. The van der Waals surface area contributed by atoms with Crippen molar-refractivity contribution < 1.29 is 33.1 Å². The second-order valence-electron chi connectivity index (χ2n) is 7.08. The Labute approximate surface area is 172 Å². The number of morpholine rings is 1. The third-order valence-electron chi connectivity index (χ3n) is 5.22. The van der Waals surface area contributed by atoms with Gasteiger partial charge in [0.2, 0.25) is 6.79 Å². The maximum absolute atomic E-state index is 13.7. The number of anilines is 1. The number of ether oxygens (including phenoxy) is 3. The van der Waals surface area contributed by atoms with E-state index in [1.165, 1.54) is 23.1 Å². The molecule has 2 amide bonds. The van der Waals surface area contributed by atoms with E-state index in [9.17, 15) is 14.0 Å². The molecule has 1 atom stereocenters. The SMILES string of the molecule is O=C(NC[C@H](c1ccc2c(c1)OCO2)[NH+]1CCOCC1)C(=O)Nc1ccccc1F. The summed E-state index contributed by atoms with van der Waals surface area (Å²) < 4.78 is 30.0. The molecule has 0 saturated carbocycles. The van der Waals surface area contributed by atoms with Crippen molar-refractivity contribution in [3.8, 4) is 11.5 Å². The second kappa shape index (κ2) is 9.10. The minimum absolute atomic E-state index is 0.0382. The van der Waals surface area contributed by atoms with Crippen LogP contribution in [-0.2, 0) is 14.3 Å². The molecule has 1 fully saturated rings. The summed E-state index contributed by atoms with van der Waals surface area (Å²) >= 11 is 0. The second-order valence-corrected chi connectivity index (χ2v) is 7.08. The molecule has 2 heterocycles. The molecule has 3 N–H and O–H groups in total. The summed E-state index contributed by atoms with van der Waals surface area (Å²) in [5.41, 5.74) is 0.926. The van der Waals surface area contributed by atoms with Gasteiger partial charge in [-0.05, 0) is 30.3 Å². The molecule has 4 rings (SSSR count). The summed E-state index contributed by atoms with van der Waals surface area (Å²) in [5, 5.41) is 4.98. The van der Waals surface area contributed by atoms with Gasteiger partial charge >= 0.3 is 11.8 Å². The van der Waals surface area contributed by atoms with Gasteiger partial charge in [0.05, 0.1) is 25.4 Å². The summed E-state index contributed by atoms with van der Waals surface area (Å²) in [6.45, 7) is 3.21. The van der Waals surface area contributed by atoms with Crippen molar-refractivity contribution in [2.45, 2.75) is 6.04 Å². The van der Waals surface area contributed by atoms with Gasteiger partial charge in [-0.2, -0.15) is 0 Å². The van der Waals surface area contributed by atoms with Gasteiger partial charge in [0.15, 0.2) is 11.5 Å². The quantitative estimate of drug-likeness (QED) is 0.609. The van der Waals surface area contributed by atoms with Crippen LogP contribution < -0.4 is 25.0 Å². The first-order chi connectivity index (χ1) is 14.6. The molecule has 2 aromatic rings. The Morgan fingerprint density at radius 3 is 2.60 bits per heavy atom. The van der Waals surface area contributed by atoms with Gasteiger partial charge < -0.3 is 29.7 Å². The lowest BCUT2D eigenvalue weighted by atomic mass is 10.0. The molecule has 2 aromatic carbocycles. The Bertz CT molecular complexity index is 933. The average Bonchev–Trinajstić information content (AvgIpc) is 3.24. The Kier molecular flexibility index (Phi) is 6.10. The van der Waals surface area contributed by atoms with E-state index in [1.54, 1.807) is 6.07 Å². The van der Waals surface area contributed by atoms with Crippen LogP contribution >= 0.6 is 0 Å². The van der Waals surface area contributed by atoms with Crippen LogP contribution in [0.1, 0.15) is 11.6 Å². The summed E-state index contributed by atoms with van der Waals surface area (Å²) in [4.78, 5) is 25.8. The van der Waals surface area contributed by atoms with E-state index in [0.29, 0.717) is 24.7 Å². The van der Waals surface area contributed by atoms with Crippen LogP contribution in [0.3, 0.4) is 0 Å². The molecule has 158 valence electrons. The topological polar surface area (TPSA) is 90.3 Å². The highest BCUT2D eigenvalue weighted by molar-refractivity contribution is 6.39. The Morgan fingerprint density at radius 2 is 1.80 bits per heavy atom. The van der Waals surface area contributed by atoms with Crippen LogP contribution in [0.25, 0.3) is 0 Å². The molecule has 0 spiro atoms. The monoisotopic (exact) mass is 416 g/mol. The lowest BCUT2D eigenvalue weighted by Gasteiger charge is -2.32. The first-order valence-electron chi connectivity index (χ1n) is 9.77. The van der Waals surface area contributed by atoms with Gasteiger partial charge in [-0.3, -0.25) is 9.59 Å². The van der Waals surface area contributed by atoms with Gasteiger partial charge in [-0.25, -0.2) is 4.39 Å². The molecule has 8 nitrogen and oxygen atoms in total. The number of rotatable bonds is 5. The van der Waals surface area contributed by atoms with Gasteiger partial charge in [0, 0.05) is 5.56 Å². The van der Waals surface area contributed by atoms with Crippen molar-refractivity contribution in [2.75, 3.05) is 45.0 Å². The van der Waals surface area contributed by atoms with Crippen molar-refractivity contribution in [3.63, 3.8) is 0 Å². The van der Waals surface area contributed by atoms with E-state index in [0.717, 1.165) is 18.7 Å². The molecule has 2 aliphatic rings. The molecule has 0 aliphatic carbocycles. The highest BCUT2D eigenvalue weighted by atomic mass is 19.1. The third-order valence-corrected chi connectivity index (χ3v) is 5.22. The standard InChI is InChI=1S/C21H22FN3O5/c22-15-3-1-2-4-16(15)24-21(27)20(26)23-12-17(25-7-9-28-10-8-25)14-5-6-18-19(11-14)30-13-29-18/h1-6,11,17H,7-10,12-13H2,(H,23,26)(H,24,27)/p+1/t17-/m1/s1. The number of amides is 2. The van der Waals surface area contributed by atoms with Crippen molar-refractivity contribution >= 4 is 17.5 Å². The summed E-state index contributed by atoms with van der Waals surface area (Å²) in [5.74, 6) is -0.996. The maximum Gasteiger partial charge on any atom is 0.313 e. The minimum atomic E-state index is -0.915. The normalized spacial score (nSPS) is 16.7. The highest BCUT2D eigenvalue weighted by Crippen LogP contribution is 2.33. The van der Waals surface area contributed by atoms with Crippen LogP contribution in [0.5, 0.6) is 11.5 Å². The molecule has 30 heavy (non-hydrogen) atoms. The zero-order valence-electron chi connectivity index (χ0n) is 16.3. The Balaban J connectivity index is 1.44. The van der Waals surface area contributed by atoms with Crippen LogP contribution in [0.4, 0.5) is 10.1 Å². The lowest BCUT2D eigenvalue weighted by Crippen LogP contribution is -3.15. The fourth-order valence-corrected chi connectivity index (χ4v) is 3.63. The first-order valence-corrected chi connectivity index (χ1v) is 9.77. The van der Waals surface area contributed by atoms with E-state index in [1.807, 2.05) is 18.2 Å². The molecule has 0 unspecified atom stereocenters.